The lowest BCUT2D eigenvalue weighted by atomic mass is 10.3. The van der Waals surface area contributed by atoms with Gasteiger partial charge in [-0.25, -0.2) is 4.98 Å². The first-order valence-electron chi connectivity index (χ1n) is 7.60. The van der Waals surface area contributed by atoms with E-state index in [9.17, 15) is 14.4 Å². The summed E-state index contributed by atoms with van der Waals surface area (Å²) in [7, 11) is 0. The molecule has 26 heavy (non-hydrogen) atoms. The van der Waals surface area contributed by atoms with Gasteiger partial charge in [-0.2, -0.15) is 0 Å². The Morgan fingerprint density at radius 3 is 2.69 bits per heavy atom. The van der Waals surface area contributed by atoms with Gasteiger partial charge in [0.1, 0.15) is 5.03 Å². The molecule has 9 nitrogen and oxygen atoms in total. The molecule has 0 aliphatic rings. The zero-order chi connectivity index (χ0) is 18.9. The van der Waals surface area contributed by atoms with Crippen LogP contribution in [0.3, 0.4) is 0 Å². The maximum Gasteiger partial charge on any atom is 0.311 e. The SMILES string of the molecule is CCOC(=O)Cc1csc(NC(=O)CSc2ccc(NC(C)=O)nn2)n1. The second-order valence-corrected chi connectivity index (χ2v) is 6.75. The van der Waals surface area contributed by atoms with E-state index in [1.54, 1.807) is 24.4 Å². The lowest BCUT2D eigenvalue weighted by Crippen LogP contribution is -2.14. The molecule has 0 atom stereocenters. The topological polar surface area (TPSA) is 123 Å². The van der Waals surface area contributed by atoms with Crippen molar-refractivity contribution in [2.45, 2.75) is 25.3 Å². The number of carbonyl (C=O) groups excluding carboxylic acids is 3. The fourth-order valence-corrected chi connectivity index (χ4v) is 3.08. The summed E-state index contributed by atoms with van der Waals surface area (Å²) in [5, 5.41) is 15.6. The molecule has 0 bridgehead atoms. The van der Waals surface area contributed by atoms with Gasteiger partial charge in [0, 0.05) is 12.3 Å². The van der Waals surface area contributed by atoms with E-state index in [2.05, 4.69) is 25.8 Å². The molecule has 2 rings (SSSR count). The summed E-state index contributed by atoms with van der Waals surface area (Å²) in [6.07, 6.45) is 0.0746. The number of nitrogens with one attached hydrogen (secondary N) is 2. The Kier molecular flexibility index (Phi) is 7.48. The molecule has 0 unspecified atom stereocenters. The van der Waals surface area contributed by atoms with Crippen LogP contribution in [0.15, 0.2) is 22.5 Å². The van der Waals surface area contributed by atoms with Crippen LogP contribution in [0.2, 0.25) is 0 Å². The van der Waals surface area contributed by atoms with Crippen molar-refractivity contribution in [1.82, 2.24) is 15.2 Å². The lowest BCUT2D eigenvalue weighted by Gasteiger charge is -2.03. The van der Waals surface area contributed by atoms with Crippen molar-refractivity contribution in [3.05, 3.63) is 23.2 Å². The Morgan fingerprint density at radius 1 is 1.23 bits per heavy atom. The molecule has 2 N–H and O–H groups in total. The molecule has 2 amide bonds. The highest BCUT2D eigenvalue weighted by atomic mass is 32.2. The van der Waals surface area contributed by atoms with Gasteiger partial charge >= 0.3 is 5.97 Å². The summed E-state index contributed by atoms with van der Waals surface area (Å²) in [6.45, 7) is 3.43. The minimum atomic E-state index is -0.354. The van der Waals surface area contributed by atoms with Gasteiger partial charge in [0.25, 0.3) is 0 Å². The summed E-state index contributed by atoms with van der Waals surface area (Å²) < 4.78 is 4.85. The molecule has 2 aromatic heterocycles. The number of esters is 1. The molecule has 11 heteroatoms. The Bertz CT molecular complexity index is 779. The van der Waals surface area contributed by atoms with Crippen molar-refractivity contribution >= 4 is 51.8 Å². The average molecular weight is 395 g/mol. The first-order chi connectivity index (χ1) is 12.5. The van der Waals surface area contributed by atoms with E-state index in [1.807, 2.05) is 0 Å². The van der Waals surface area contributed by atoms with E-state index in [-0.39, 0.29) is 30.0 Å². The number of hydrogen-bond acceptors (Lipinski definition) is 9. The smallest absolute Gasteiger partial charge is 0.311 e. The second-order valence-electron chi connectivity index (χ2n) is 4.90. The molecule has 2 aromatic rings. The number of thioether (sulfide) groups is 1. The number of hydrogen-bond donors (Lipinski definition) is 2. The molecule has 138 valence electrons. The summed E-state index contributed by atoms with van der Waals surface area (Å²) in [5.41, 5.74) is 0.552. The predicted octanol–water partition coefficient (Wildman–Crippen LogP) is 1.73. The number of ether oxygens (including phenoxy) is 1. The minimum absolute atomic E-state index is 0.0746. The standard InChI is InChI=1S/C15H17N5O4S2/c1-3-24-14(23)6-10-7-26-15(17-10)18-12(22)8-25-13-5-4-11(19-20-13)16-9(2)21/h4-5,7H,3,6,8H2,1-2H3,(H,16,19,21)(H,17,18,22). The molecule has 0 spiro atoms. The van der Waals surface area contributed by atoms with Crippen molar-refractivity contribution in [2.75, 3.05) is 23.0 Å². The summed E-state index contributed by atoms with van der Waals surface area (Å²) in [6, 6.07) is 3.27. The van der Waals surface area contributed by atoms with Gasteiger partial charge in [0.2, 0.25) is 11.8 Å². The predicted molar refractivity (Wildman–Crippen MR) is 98.1 cm³/mol. The molecule has 2 heterocycles. The van der Waals surface area contributed by atoms with Crippen LogP contribution in [0.1, 0.15) is 19.5 Å². The third-order valence-corrected chi connectivity index (χ3v) is 4.45. The molecular formula is C15H17N5O4S2. The number of thiazole rings is 1. The van der Waals surface area contributed by atoms with Crippen LogP contribution in [-0.2, 0) is 25.5 Å². The van der Waals surface area contributed by atoms with Crippen molar-refractivity contribution in [2.24, 2.45) is 0 Å². The van der Waals surface area contributed by atoms with Crippen molar-refractivity contribution in [1.29, 1.82) is 0 Å². The average Bonchev–Trinajstić information content (AvgIpc) is 3.00. The Balaban J connectivity index is 1.79. The zero-order valence-electron chi connectivity index (χ0n) is 14.1. The summed E-state index contributed by atoms with van der Waals surface area (Å²) in [5.74, 6) is -0.360. The molecule has 0 aromatic carbocycles. The van der Waals surface area contributed by atoms with E-state index in [0.29, 0.717) is 28.3 Å². The van der Waals surface area contributed by atoms with Gasteiger partial charge in [-0.05, 0) is 19.1 Å². The molecule has 0 radical (unpaired) electrons. The van der Waals surface area contributed by atoms with E-state index in [1.165, 1.54) is 30.0 Å². The monoisotopic (exact) mass is 395 g/mol. The van der Waals surface area contributed by atoms with Crippen LogP contribution in [0, 0.1) is 0 Å². The molecular weight excluding hydrogens is 378 g/mol. The molecule has 0 aliphatic heterocycles. The van der Waals surface area contributed by atoms with Crippen LogP contribution in [0.5, 0.6) is 0 Å². The van der Waals surface area contributed by atoms with E-state index in [0.717, 1.165) is 0 Å². The maximum absolute atomic E-state index is 12.0. The Morgan fingerprint density at radius 2 is 2.04 bits per heavy atom. The van der Waals surface area contributed by atoms with Gasteiger partial charge in [-0.1, -0.05) is 11.8 Å². The van der Waals surface area contributed by atoms with Gasteiger partial charge in [-0.3, -0.25) is 14.4 Å². The van der Waals surface area contributed by atoms with E-state index in [4.69, 9.17) is 4.74 Å². The van der Waals surface area contributed by atoms with Gasteiger partial charge in [0.15, 0.2) is 10.9 Å². The van der Waals surface area contributed by atoms with Crippen LogP contribution in [-0.4, -0.2) is 45.3 Å². The fourth-order valence-electron chi connectivity index (χ4n) is 1.74. The molecule has 0 fully saturated rings. The maximum atomic E-state index is 12.0. The number of carbonyl (C=O) groups is 3. The highest BCUT2D eigenvalue weighted by Gasteiger charge is 2.11. The molecule has 0 saturated heterocycles. The lowest BCUT2D eigenvalue weighted by molar-refractivity contribution is -0.142. The van der Waals surface area contributed by atoms with Gasteiger partial charge in [-0.15, -0.1) is 21.5 Å². The van der Waals surface area contributed by atoms with Crippen molar-refractivity contribution in [3.8, 4) is 0 Å². The van der Waals surface area contributed by atoms with Crippen LogP contribution < -0.4 is 10.6 Å². The Hall–Kier alpha value is -2.53. The van der Waals surface area contributed by atoms with Crippen molar-refractivity contribution in [3.63, 3.8) is 0 Å². The fraction of sp³-hybridized carbons (Fsp3) is 0.333. The Labute approximate surface area is 157 Å². The normalized spacial score (nSPS) is 10.2. The molecule has 0 aliphatic carbocycles. The van der Waals surface area contributed by atoms with Crippen LogP contribution >= 0.6 is 23.1 Å². The van der Waals surface area contributed by atoms with E-state index < -0.39 is 0 Å². The third kappa shape index (κ3) is 6.76. The number of amides is 2. The number of aromatic nitrogens is 3. The first kappa shape index (κ1) is 19.8. The number of nitrogens with zero attached hydrogens (tertiary/aromatic N) is 3. The quantitative estimate of drug-likeness (QED) is 0.512. The second kappa shape index (κ2) is 9.82. The largest absolute Gasteiger partial charge is 0.466 e. The number of rotatable bonds is 8. The molecule has 0 saturated carbocycles. The summed E-state index contributed by atoms with van der Waals surface area (Å²) in [4.78, 5) is 38.5. The van der Waals surface area contributed by atoms with Crippen LogP contribution in [0.25, 0.3) is 0 Å². The zero-order valence-corrected chi connectivity index (χ0v) is 15.8. The minimum Gasteiger partial charge on any atom is -0.466 e. The summed E-state index contributed by atoms with van der Waals surface area (Å²) >= 11 is 2.44. The highest BCUT2D eigenvalue weighted by molar-refractivity contribution is 7.99. The van der Waals surface area contributed by atoms with Crippen molar-refractivity contribution < 1.29 is 19.1 Å². The van der Waals surface area contributed by atoms with E-state index >= 15 is 0 Å². The van der Waals surface area contributed by atoms with Gasteiger partial charge in [0.05, 0.1) is 24.5 Å². The highest BCUT2D eigenvalue weighted by Crippen LogP contribution is 2.19. The van der Waals surface area contributed by atoms with Gasteiger partial charge < -0.3 is 15.4 Å². The van der Waals surface area contributed by atoms with Crippen LogP contribution in [0.4, 0.5) is 10.9 Å². The third-order valence-electron chi connectivity index (χ3n) is 2.72. The first-order valence-corrected chi connectivity index (χ1v) is 9.46. The number of anilines is 2.